The van der Waals surface area contributed by atoms with E-state index in [1.807, 2.05) is 0 Å². The fraction of sp³-hybridized carbons (Fsp3) is 0.647. The van der Waals surface area contributed by atoms with Crippen LogP contribution in [0.5, 0.6) is 0 Å². The third kappa shape index (κ3) is 3.73. The van der Waals surface area contributed by atoms with Crippen molar-refractivity contribution >= 4 is 5.69 Å². The number of hydrogen-bond donors (Lipinski definition) is 1. The Morgan fingerprint density at radius 3 is 2.63 bits per heavy atom. The van der Waals surface area contributed by atoms with Gasteiger partial charge in [0.25, 0.3) is 0 Å². The van der Waals surface area contributed by atoms with E-state index < -0.39 is 0 Å². The minimum absolute atomic E-state index is 0.445. The summed E-state index contributed by atoms with van der Waals surface area (Å²) in [5, 5.41) is 3.47. The predicted octanol–water partition coefficient (Wildman–Crippen LogP) is 4.13. The quantitative estimate of drug-likeness (QED) is 0.876. The van der Waals surface area contributed by atoms with Crippen LogP contribution in [-0.4, -0.2) is 19.1 Å². The van der Waals surface area contributed by atoms with E-state index in [0.717, 1.165) is 6.54 Å². The molecule has 2 unspecified atom stereocenters. The summed E-state index contributed by atoms with van der Waals surface area (Å²) >= 11 is 0. The Labute approximate surface area is 118 Å². The van der Waals surface area contributed by atoms with E-state index in [-0.39, 0.29) is 0 Å². The van der Waals surface area contributed by atoms with Crippen LogP contribution in [0, 0.1) is 0 Å². The van der Waals surface area contributed by atoms with Crippen molar-refractivity contribution in [2.75, 3.05) is 18.0 Å². The van der Waals surface area contributed by atoms with Gasteiger partial charge in [-0.1, -0.05) is 31.9 Å². The van der Waals surface area contributed by atoms with Gasteiger partial charge in [-0.2, -0.15) is 0 Å². The van der Waals surface area contributed by atoms with Crippen LogP contribution in [0.15, 0.2) is 24.3 Å². The van der Waals surface area contributed by atoms with Gasteiger partial charge >= 0.3 is 0 Å². The van der Waals surface area contributed by atoms with Crippen LogP contribution in [0.4, 0.5) is 5.69 Å². The lowest BCUT2D eigenvalue weighted by atomic mass is 10.1. The summed E-state index contributed by atoms with van der Waals surface area (Å²) in [5.41, 5.74) is 2.77. The Balaban J connectivity index is 2.08. The van der Waals surface area contributed by atoms with Crippen molar-refractivity contribution in [2.45, 2.75) is 58.5 Å². The molecule has 1 aliphatic heterocycles. The monoisotopic (exact) mass is 260 g/mol. The SMILES string of the molecule is CCNC(C)c1ccc(N2CCCCCC2C)cc1. The van der Waals surface area contributed by atoms with Crippen molar-refractivity contribution in [1.29, 1.82) is 0 Å². The molecule has 1 saturated heterocycles. The summed E-state index contributed by atoms with van der Waals surface area (Å²) in [7, 11) is 0. The van der Waals surface area contributed by atoms with Crippen LogP contribution in [0.1, 0.15) is 58.1 Å². The van der Waals surface area contributed by atoms with Crippen molar-refractivity contribution in [3.63, 3.8) is 0 Å². The van der Waals surface area contributed by atoms with Crippen LogP contribution in [0.25, 0.3) is 0 Å². The third-order valence-electron chi connectivity index (χ3n) is 4.29. The van der Waals surface area contributed by atoms with Gasteiger partial charge in [-0.15, -0.1) is 0 Å². The van der Waals surface area contributed by atoms with E-state index in [9.17, 15) is 0 Å². The molecule has 2 heteroatoms. The molecule has 0 spiro atoms. The maximum Gasteiger partial charge on any atom is 0.0368 e. The largest absolute Gasteiger partial charge is 0.369 e. The van der Waals surface area contributed by atoms with Crippen molar-refractivity contribution in [1.82, 2.24) is 5.32 Å². The molecule has 1 fully saturated rings. The van der Waals surface area contributed by atoms with Crippen LogP contribution in [-0.2, 0) is 0 Å². The predicted molar refractivity (Wildman–Crippen MR) is 83.8 cm³/mol. The smallest absolute Gasteiger partial charge is 0.0368 e. The van der Waals surface area contributed by atoms with E-state index in [1.165, 1.54) is 43.5 Å². The average Bonchev–Trinajstić information content (AvgIpc) is 2.64. The molecule has 1 aromatic carbocycles. The van der Waals surface area contributed by atoms with Crippen LogP contribution in [0.3, 0.4) is 0 Å². The summed E-state index contributed by atoms with van der Waals surface area (Å²) in [5.74, 6) is 0. The number of nitrogens with one attached hydrogen (secondary N) is 1. The zero-order chi connectivity index (χ0) is 13.7. The normalized spacial score (nSPS) is 22.1. The molecule has 1 aliphatic rings. The van der Waals surface area contributed by atoms with E-state index in [1.54, 1.807) is 0 Å². The number of hydrogen-bond acceptors (Lipinski definition) is 2. The highest BCUT2D eigenvalue weighted by Crippen LogP contribution is 2.25. The van der Waals surface area contributed by atoms with Gasteiger partial charge in [0.05, 0.1) is 0 Å². The Morgan fingerprint density at radius 1 is 1.21 bits per heavy atom. The molecular weight excluding hydrogens is 232 g/mol. The first-order valence-electron chi connectivity index (χ1n) is 7.82. The maximum absolute atomic E-state index is 3.47. The molecule has 1 heterocycles. The van der Waals surface area contributed by atoms with Gasteiger partial charge in [0.15, 0.2) is 0 Å². The zero-order valence-corrected chi connectivity index (χ0v) is 12.7. The molecule has 2 nitrogen and oxygen atoms in total. The Morgan fingerprint density at radius 2 is 1.95 bits per heavy atom. The molecule has 1 aromatic rings. The Kier molecular flexibility index (Phi) is 5.26. The third-order valence-corrected chi connectivity index (χ3v) is 4.29. The van der Waals surface area contributed by atoms with Crippen molar-refractivity contribution in [3.8, 4) is 0 Å². The molecule has 2 rings (SSSR count). The van der Waals surface area contributed by atoms with Crippen molar-refractivity contribution in [3.05, 3.63) is 29.8 Å². The summed E-state index contributed by atoms with van der Waals surface area (Å²) in [6.45, 7) is 8.98. The topological polar surface area (TPSA) is 15.3 Å². The van der Waals surface area contributed by atoms with Crippen molar-refractivity contribution in [2.24, 2.45) is 0 Å². The lowest BCUT2D eigenvalue weighted by Gasteiger charge is -2.29. The fourth-order valence-corrected chi connectivity index (χ4v) is 3.04. The van der Waals surface area contributed by atoms with Gasteiger partial charge in [0.1, 0.15) is 0 Å². The number of benzene rings is 1. The molecule has 1 N–H and O–H groups in total. The molecule has 0 bridgehead atoms. The first-order chi connectivity index (χ1) is 9.22. The lowest BCUT2D eigenvalue weighted by molar-refractivity contribution is 0.597. The summed E-state index contributed by atoms with van der Waals surface area (Å²) in [6.07, 6.45) is 5.43. The van der Waals surface area contributed by atoms with Crippen LogP contribution < -0.4 is 10.2 Å². The minimum atomic E-state index is 0.445. The second-order valence-electron chi connectivity index (χ2n) is 5.76. The highest BCUT2D eigenvalue weighted by molar-refractivity contribution is 5.49. The lowest BCUT2D eigenvalue weighted by Crippen LogP contribution is -2.32. The van der Waals surface area contributed by atoms with Crippen LogP contribution >= 0.6 is 0 Å². The highest BCUT2D eigenvalue weighted by Gasteiger charge is 2.17. The van der Waals surface area contributed by atoms with Gasteiger partial charge in [-0.3, -0.25) is 0 Å². The van der Waals surface area contributed by atoms with Gasteiger partial charge in [0.2, 0.25) is 0 Å². The van der Waals surface area contributed by atoms with Gasteiger partial charge in [0, 0.05) is 24.3 Å². The Bertz CT molecular complexity index is 371. The maximum atomic E-state index is 3.47. The summed E-state index contributed by atoms with van der Waals surface area (Å²) < 4.78 is 0. The molecule has 106 valence electrons. The van der Waals surface area contributed by atoms with Crippen molar-refractivity contribution < 1.29 is 0 Å². The molecule has 0 aliphatic carbocycles. The summed E-state index contributed by atoms with van der Waals surface area (Å²) in [6, 6.07) is 10.3. The second kappa shape index (κ2) is 6.95. The van der Waals surface area contributed by atoms with E-state index >= 15 is 0 Å². The van der Waals surface area contributed by atoms with E-state index in [4.69, 9.17) is 0 Å². The molecule has 0 radical (unpaired) electrons. The number of rotatable bonds is 4. The second-order valence-corrected chi connectivity index (χ2v) is 5.76. The molecule has 0 aromatic heterocycles. The molecular formula is C17H28N2. The molecule has 0 amide bonds. The molecule has 2 atom stereocenters. The van der Waals surface area contributed by atoms with Crippen LogP contribution in [0.2, 0.25) is 0 Å². The average molecular weight is 260 g/mol. The van der Waals surface area contributed by atoms with Gasteiger partial charge in [-0.25, -0.2) is 0 Å². The van der Waals surface area contributed by atoms with E-state index in [2.05, 4.69) is 55.3 Å². The molecule has 0 saturated carbocycles. The van der Waals surface area contributed by atoms with E-state index in [0.29, 0.717) is 12.1 Å². The number of nitrogens with zero attached hydrogens (tertiary/aromatic N) is 1. The Hall–Kier alpha value is -1.02. The zero-order valence-electron chi connectivity index (χ0n) is 12.7. The standard InChI is InChI=1S/C17H28N2/c1-4-18-15(3)16-9-11-17(12-10-16)19-13-7-5-6-8-14(19)2/h9-12,14-15,18H,4-8,13H2,1-3H3. The number of anilines is 1. The summed E-state index contributed by atoms with van der Waals surface area (Å²) in [4.78, 5) is 2.58. The van der Waals surface area contributed by atoms with Gasteiger partial charge < -0.3 is 10.2 Å². The van der Waals surface area contributed by atoms with Gasteiger partial charge in [-0.05, 0) is 50.9 Å². The first-order valence-corrected chi connectivity index (χ1v) is 7.82. The first kappa shape index (κ1) is 14.4. The highest BCUT2D eigenvalue weighted by atomic mass is 15.2. The molecule has 19 heavy (non-hydrogen) atoms. The minimum Gasteiger partial charge on any atom is -0.369 e. The fourth-order valence-electron chi connectivity index (χ4n) is 3.04.